The number of ether oxygens (including phenoxy) is 1. The maximum atomic E-state index is 13.9. The fraction of sp³-hybridized carbons (Fsp3) is 0.800. The molecule has 10 heteroatoms. The summed E-state index contributed by atoms with van der Waals surface area (Å²) in [6, 6.07) is -1.17. The summed E-state index contributed by atoms with van der Waals surface area (Å²) in [6.45, 7) is 0.244. The van der Waals surface area contributed by atoms with Gasteiger partial charge in [0.15, 0.2) is 24.2 Å². The van der Waals surface area contributed by atoms with Gasteiger partial charge in [0, 0.05) is 0 Å². The lowest BCUT2D eigenvalue weighted by molar-refractivity contribution is -0.198. The Morgan fingerprint density at radius 3 is 2.55 bits per heavy atom. The summed E-state index contributed by atoms with van der Waals surface area (Å²) in [5.41, 5.74) is -2.36. The molecule has 20 heavy (non-hydrogen) atoms. The molecule has 3 amide bonds. The molecule has 0 saturated carbocycles. The number of halogens is 1. The van der Waals surface area contributed by atoms with Gasteiger partial charge in [0.25, 0.3) is 5.91 Å². The number of hydrogen-bond acceptors (Lipinski definition) is 7. The number of rotatable bonds is 2. The highest BCUT2D eigenvalue weighted by molar-refractivity contribution is 6.01. The first-order chi connectivity index (χ1) is 9.21. The molecule has 0 aliphatic carbocycles. The monoisotopic (exact) mass is 294 g/mol. The van der Waals surface area contributed by atoms with Gasteiger partial charge in [-0.2, -0.15) is 0 Å². The molecule has 114 valence electrons. The number of carbonyl (C=O) groups is 2. The maximum absolute atomic E-state index is 13.9. The number of amides is 3. The van der Waals surface area contributed by atoms with Crippen LogP contribution in [0.15, 0.2) is 0 Å². The minimum Gasteiger partial charge on any atom is -0.394 e. The first kappa shape index (κ1) is 15.1. The molecule has 2 heterocycles. The lowest BCUT2D eigenvalue weighted by atomic mass is 9.99. The van der Waals surface area contributed by atoms with Gasteiger partial charge in [-0.05, 0) is 6.92 Å². The molecule has 0 aromatic carbocycles. The molecule has 0 spiro atoms. The molecule has 0 bridgehead atoms. The van der Waals surface area contributed by atoms with E-state index in [0.717, 1.165) is 6.92 Å². The molecule has 6 atom stereocenters. The standard InChI is InChI=1S/C10H15FN2O7/c1-10(19)7(16)12-9(18)13(8(10)17)6-4(11)5(15)3(2-14)20-6/h3-6,8,14-15,17,19H,2H2,1H3,(H,12,16,18)/t3-,4+,5-,6-,8?,10?/m1/s1. The van der Waals surface area contributed by atoms with Crippen LogP contribution >= 0.6 is 0 Å². The van der Waals surface area contributed by atoms with E-state index in [4.69, 9.17) is 9.84 Å². The first-order valence-electron chi connectivity index (χ1n) is 5.84. The van der Waals surface area contributed by atoms with E-state index in [2.05, 4.69) is 0 Å². The Morgan fingerprint density at radius 1 is 1.45 bits per heavy atom. The molecule has 2 unspecified atom stereocenters. The van der Waals surface area contributed by atoms with Gasteiger partial charge in [0.05, 0.1) is 6.61 Å². The van der Waals surface area contributed by atoms with E-state index in [1.54, 1.807) is 5.32 Å². The highest BCUT2D eigenvalue weighted by atomic mass is 19.1. The van der Waals surface area contributed by atoms with Crippen molar-refractivity contribution in [2.75, 3.05) is 6.61 Å². The summed E-state index contributed by atoms with van der Waals surface area (Å²) in [4.78, 5) is 23.4. The number of urea groups is 1. The Bertz CT molecular complexity index is 432. The Balaban J connectivity index is 2.28. The van der Waals surface area contributed by atoms with Crippen LogP contribution in [-0.4, -0.2) is 80.3 Å². The van der Waals surface area contributed by atoms with Crippen LogP contribution in [0.25, 0.3) is 0 Å². The number of aliphatic hydroxyl groups excluding tert-OH is 3. The van der Waals surface area contributed by atoms with Crippen molar-refractivity contribution in [2.24, 2.45) is 0 Å². The number of hydrogen-bond donors (Lipinski definition) is 5. The normalized spacial score (nSPS) is 45.7. The van der Waals surface area contributed by atoms with Crippen molar-refractivity contribution in [2.45, 2.75) is 43.4 Å². The van der Waals surface area contributed by atoms with Crippen molar-refractivity contribution in [3.05, 3.63) is 0 Å². The van der Waals surface area contributed by atoms with Gasteiger partial charge in [-0.25, -0.2) is 9.18 Å². The molecule has 9 nitrogen and oxygen atoms in total. The number of imide groups is 1. The van der Waals surface area contributed by atoms with Crippen LogP contribution in [0.4, 0.5) is 9.18 Å². The Morgan fingerprint density at radius 2 is 2.05 bits per heavy atom. The second kappa shape index (κ2) is 4.90. The van der Waals surface area contributed by atoms with Gasteiger partial charge in [-0.3, -0.25) is 15.0 Å². The zero-order valence-electron chi connectivity index (χ0n) is 10.4. The largest absolute Gasteiger partial charge is 0.394 e. The molecule has 0 aromatic rings. The number of nitrogens with zero attached hydrogens (tertiary/aromatic N) is 1. The highest BCUT2D eigenvalue weighted by Crippen LogP contribution is 2.31. The Labute approximate surface area is 112 Å². The van der Waals surface area contributed by atoms with Crippen LogP contribution in [-0.2, 0) is 9.53 Å². The average molecular weight is 294 g/mol. The van der Waals surface area contributed by atoms with Gasteiger partial charge >= 0.3 is 6.03 Å². The summed E-state index contributed by atoms with van der Waals surface area (Å²) in [5.74, 6) is -1.14. The zero-order chi connectivity index (χ0) is 15.2. The van der Waals surface area contributed by atoms with E-state index in [0.29, 0.717) is 4.90 Å². The van der Waals surface area contributed by atoms with Crippen molar-refractivity contribution in [1.29, 1.82) is 0 Å². The van der Waals surface area contributed by atoms with Crippen LogP contribution in [0.5, 0.6) is 0 Å². The Hall–Kier alpha value is -1.33. The van der Waals surface area contributed by atoms with Gasteiger partial charge < -0.3 is 25.2 Å². The van der Waals surface area contributed by atoms with E-state index >= 15 is 0 Å². The fourth-order valence-electron chi connectivity index (χ4n) is 2.12. The average Bonchev–Trinajstić information content (AvgIpc) is 2.65. The van der Waals surface area contributed by atoms with Gasteiger partial charge in [-0.15, -0.1) is 0 Å². The van der Waals surface area contributed by atoms with Crippen LogP contribution in [0.3, 0.4) is 0 Å². The van der Waals surface area contributed by atoms with E-state index in [1.165, 1.54) is 0 Å². The molecular weight excluding hydrogens is 279 g/mol. The predicted molar refractivity (Wildman–Crippen MR) is 58.7 cm³/mol. The fourth-order valence-corrected chi connectivity index (χ4v) is 2.12. The topological polar surface area (TPSA) is 140 Å². The van der Waals surface area contributed by atoms with Crippen LogP contribution < -0.4 is 5.32 Å². The van der Waals surface area contributed by atoms with E-state index < -0.39 is 55.0 Å². The molecule has 2 saturated heterocycles. The number of carbonyl (C=O) groups excluding carboxylic acids is 2. The molecule has 2 aliphatic rings. The first-order valence-corrected chi connectivity index (χ1v) is 5.84. The summed E-state index contributed by atoms with van der Waals surface area (Å²) >= 11 is 0. The van der Waals surface area contributed by atoms with Crippen LogP contribution in [0.2, 0.25) is 0 Å². The number of alkyl halides is 1. The van der Waals surface area contributed by atoms with Crippen molar-refractivity contribution >= 4 is 11.9 Å². The van der Waals surface area contributed by atoms with E-state index in [-0.39, 0.29) is 0 Å². The number of nitrogens with one attached hydrogen (secondary N) is 1. The third-order valence-electron chi connectivity index (χ3n) is 3.43. The van der Waals surface area contributed by atoms with E-state index in [1.807, 2.05) is 0 Å². The molecule has 2 rings (SSSR count). The second-order valence-electron chi connectivity index (χ2n) is 4.87. The van der Waals surface area contributed by atoms with Crippen molar-refractivity contribution in [3.63, 3.8) is 0 Å². The van der Waals surface area contributed by atoms with Crippen LogP contribution in [0, 0.1) is 0 Å². The smallest absolute Gasteiger partial charge is 0.328 e. The van der Waals surface area contributed by atoms with E-state index in [9.17, 15) is 29.3 Å². The van der Waals surface area contributed by atoms with Crippen molar-refractivity contribution in [3.8, 4) is 0 Å². The van der Waals surface area contributed by atoms with Crippen LogP contribution in [0.1, 0.15) is 6.92 Å². The number of aliphatic hydroxyl groups is 4. The lowest BCUT2D eigenvalue weighted by Gasteiger charge is -2.43. The molecular formula is C10H15FN2O7. The second-order valence-corrected chi connectivity index (χ2v) is 4.87. The minimum absolute atomic E-state index is 0.380. The third kappa shape index (κ3) is 2.05. The minimum atomic E-state index is -2.36. The lowest BCUT2D eigenvalue weighted by Crippen LogP contribution is -2.71. The molecule has 2 fully saturated rings. The summed E-state index contributed by atoms with van der Waals surface area (Å²) < 4.78 is 18.9. The summed E-state index contributed by atoms with van der Waals surface area (Å²) in [7, 11) is 0. The molecule has 0 aromatic heterocycles. The van der Waals surface area contributed by atoms with Gasteiger partial charge in [0.1, 0.15) is 12.2 Å². The SMILES string of the molecule is CC1(O)C(=O)NC(=O)N([C@@H]2O[C@H](CO)[C@@H](O)[C@@H]2F)C1O. The quantitative estimate of drug-likeness (QED) is 0.366. The summed E-state index contributed by atoms with van der Waals surface area (Å²) in [6.07, 6.45) is -8.89. The van der Waals surface area contributed by atoms with Gasteiger partial charge in [-0.1, -0.05) is 0 Å². The Kier molecular flexibility index (Phi) is 3.69. The molecule has 0 radical (unpaired) electrons. The van der Waals surface area contributed by atoms with Crippen molar-refractivity contribution in [1.82, 2.24) is 10.2 Å². The zero-order valence-corrected chi connectivity index (χ0v) is 10.4. The van der Waals surface area contributed by atoms with Crippen molar-refractivity contribution < 1.29 is 39.1 Å². The maximum Gasteiger partial charge on any atom is 0.328 e. The van der Waals surface area contributed by atoms with Gasteiger partial charge in [0.2, 0.25) is 0 Å². The predicted octanol–water partition coefficient (Wildman–Crippen LogP) is -2.98. The summed E-state index contributed by atoms with van der Waals surface area (Å²) in [5, 5.41) is 39.8. The molecule has 2 aliphatic heterocycles. The molecule has 5 N–H and O–H groups in total. The highest BCUT2D eigenvalue weighted by Gasteiger charge is 2.57. The third-order valence-corrected chi connectivity index (χ3v) is 3.43.